The molecule has 26 heavy (non-hydrogen) atoms. The SMILES string of the molecule is CC[C@H](C)[C@H](N)C(=O)N[C@@H](CCC(=O)O)C(=O)N[C@H](C(=O)O)[C@@H](C)CC. The van der Waals surface area contributed by atoms with Gasteiger partial charge in [0.15, 0.2) is 0 Å². The smallest absolute Gasteiger partial charge is 0.326 e. The molecule has 0 aromatic rings. The van der Waals surface area contributed by atoms with Gasteiger partial charge in [0, 0.05) is 6.42 Å². The molecule has 6 N–H and O–H groups in total. The molecule has 150 valence electrons. The predicted octanol–water partition coefficient (Wildman–Crippen LogP) is 0.325. The molecule has 2 amide bonds. The van der Waals surface area contributed by atoms with Gasteiger partial charge in [0.1, 0.15) is 12.1 Å². The second kappa shape index (κ2) is 11.5. The van der Waals surface area contributed by atoms with Crippen LogP contribution in [0.5, 0.6) is 0 Å². The maximum atomic E-state index is 12.5. The molecule has 0 aromatic carbocycles. The lowest BCUT2D eigenvalue weighted by atomic mass is 9.97. The van der Waals surface area contributed by atoms with Gasteiger partial charge < -0.3 is 26.6 Å². The highest BCUT2D eigenvalue weighted by Gasteiger charge is 2.31. The van der Waals surface area contributed by atoms with Gasteiger partial charge in [-0.1, -0.05) is 40.5 Å². The fraction of sp³-hybridized carbons (Fsp3) is 0.765. The third-order valence-corrected chi connectivity index (χ3v) is 4.62. The fourth-order valence-electron chi connectivity index (χ4n) is 2.25. The fourth-order valence-corrected chi connectivity index (χ4v) is 2.25. The Morgan fingerprint density at radius 2 is 1.46 bits per heavy atom. The van der Waals surface area contributed by atoms with Crippen LogP contribution in [0.15, 0.2) is 0 Å². The summed E-state index contributed by atoms with van der Waals surface area (Å²) in [6, 6.07) is -3.13. The number of rotatable bonds is 12. The highest BCUT2D eigenvalue weighted by Crippen LogP contribution is 2.10. The van der Waals surface area contributed by atoms with Crippen molar-refractivity contribution in [3.05, 3.63) is 0 Å². The van der Waals surface area contributed by atoms with Crippen molar-refractivity contribution in [1.82, 2.24) is 10.6 Å². The largest absolute Gasteiger partial charge is 0.481 e. The molecule has 0 bridgehead atoms. The molecule has 9 heteroatoms. The average Bonchev–Trinajstić information content (AvgIpc) is 2.59. The molecular formula is C17H31N3O6. The zero-order chi connectivity index (χ0) is 20.4. The van der Waals surface area contributed by atoms with Gasteiger partial charge in [0.25, 0.3) is 0 Å². The van der Waals surface area contributed by atoms with E-state index in [-0.39, 0.29) is 24.7 Å². The summed E-state index contributed by atoms with van der Waals surface area (Å²) in [7, 11) is 0. The first kappa shape index (κ1) is 23.8. The summed E-state index contributed by atoms with van der Waals surface area (Å²) in [4.78, 5) is 46.9. The van der Waals surface area contributed by atoms with E-state index in [1.165, 1.54) is 0 Å². The van der Waals surface area contributed by atoms with Crippen LogP contribution >= 0.6 is 0 Å². The number of hydrogen-bond acceptors (Lipinski definition) is 5. The summed E-state index contributed by atoms with van der Waals surface area (Å²) in [6.07, 6.45) is 0.683. The topological polar surface area (TPSA) is 159 Å². The Morgan fingerprint density at radius 3 is 1.88 bits per heavy atom. The first-order valence-corrected chi connectivity index (χ1v) is 8.85. The molecule has 5 atom stereocenters. The van der Waals surface area contributed by atoms with E-state index < -0.39 is 41.9 Å². The lowest BCUT2D eigenvalue weighted by Gasteiger charge is -2.26. The molecule has 0 spiro atoms. The van der Waals surface area contributed by atoms with Crippen molar-refractivity contribution in [1.29, 1.82) is 0 Å². The maximum Gasteiger partial charge on any atom is 0.326 e. The first-order valence-electron chi connectivity index (χ1n) is 8.85. The van der Waals surface area contributed by atoms with Crippen molar-refractivity contribution in [2.75, 3.05) is 0 Å². The molecule has 0 aliphatic heterocycles. The third kappa shape index (κ3) is 7.81. The molecule has 0 radical (unpaired) electrons. The van der Waals surface area contributed by atoms with Crippen LogP contribution in [0, 0.1) is 11.8 Å². The van der Waals surface area contributed by atoms with Crippen LogP contribution in [-0.4, -0.2) is 52.1 Å². The molecule has 9 nitrogen and oxygen atoms in total. The molecule has 0 aromatic heterocycles. The molecule has 0 unspecified atom stereocenters. The van der Waals surface area contributed by atoms with Gasteiger partial charge in [-0.3, -0.25) is 14.4 Å². The van der Waals surface area contributed by atoms with Crippen LogP contribution in [0.1, 0.15) is 53.4 Å². The second-order valence-electron chi connectivity index (χ2n) is 6.61. The summed E-state index contributed by atoms with van der Waals surface area (Å²) < 4.78 is 0. The first-order chi connectivity index (χ1) is 12.0. The van der Waals surface area contributed by atoms with Gasteiger partial charge in [-0.2, -0.15) is 0 Å². The number of hydrogen-bond donors (Lipinski definition) is 5. The average molecular weight is 373 g/mol. The van der Waals surface area contributed by atoms with E-state index in [2.05, 4.69) is 10.6 Å². The number of carboxylic acid groups (broad SMARTS) is 2. The molecular weight excluding hydrogens is 342 g/mol. The Kier molecular flexibility index (Phi) is 10.5. The van der Waals surface area contributed by atoms with Crippen molar-refractivity contribution < 1.29 is 29.4 Å². The standard InChI is InChI=1S/C17H31N3O6/c1-5-9(3)13(18)16(24)19-11(7-8-12(21)22)15(23)20-14(17(25)26)10(4)6-2/h9-11,13-14H,5-8,18H2,1-4H3,(H,19,24)(H,20,23)(H,21,22)(H,25,26)/t9-,10-,11-,13-,14-/m0/s1. The van der Waals surface area contributed by atoms with E-state index in [0.717, 1.165) is 0 Å². The lowest BCUT2D eigenvalue weighted by Crippen LogP contribution is -2.56. The van der Waals surface area contributed by atoms with Gasteiger partial charge in [0.2, 0.25) is 11.8 Å². The summed E-state index contributed by atoms with van der Waals surface area (Å²) in [6.45, 7) is 7.14. The van der Waals surface area contributed by atoms with E-state index in [9.17, 15) is 24.3 Å². The zero-order valence-corrected chi connectivity index (χ0v) is 15.8. The number of nitrogens with one attached hydrogen (secondary N) is 2. The van der Waals surface area contributed by atoms with Crippen LogP contribution in [-0.2, 0) is 19.2 Å². The molecule has 0 saturated carbocycles. The quantitative estimate of drug-likeness (QED) is 0.329. The van der Waals surface area contributed by atoms with Crippen molar-refractivity contribution in [2.45, 2.75) is 71.5 Å². The molecule has 0 saturated heterocycles. The van der Waals surface area contributed by atoms with Gasteiger partial charge >= 0.3 is 11.9 Å². The van der Waals surface area contributed by atoms with Crippen LogP contribution in [0.25, 0.3) is 0 Å². The number of carboxylic acids is 2. The van der Waals surface area contributed by atoms with Crippen LogP contribution in [0.4, 0.5) is 0 Å². The molecule has 0 heterocycles. The summed E-state index contributed by atoms with van der Waals surface area (Å²) in [5.74, 6) is -4.06. The minimum atomic E-state index is -1.19. The molecule has 0 aliphatic carbocycles. The van der Waals surface area contributed by atoms with Gasteiger partial charge in [-0.05, 0) is 18.3 Å². The Hall–Kier alpha value is -2.16. The molecule has 0 rings (SSSR count). The predicted molar refractivity (Wildman–Crippen MR) is 95.3 cm³/mol. The Labute approximate surface area is 153 Å². The lowest BCUT2D eigenvalue weighted by molar-refractivity contribution is -0.144. The van der Waals surface area contributed by atoms with E-state index in [1.807, 2.05) is 6.92 Å². The summed E-state index contributed by atoms with van der Waals surface area (Å²) in [5, 5.41) is 23.0. The Bertz CT molecular complexity index is 511. The summed E-state index contributed by atoms with van der Waals surface area (Å²) in [5.41, 5.74) is 5.84. The molecule has 0 fully saturated rings. The van der Waals surface area contributed by atoms with Gasteiger partial charge in [-0.25, -0.2) is 4.79 Å². The van der Waals surface area contributed by atoms with E-state index in [4.69, 9.17) is 10.8 Å². The molecule has 0 aliphatic rings. The number of aliphatic carboxylic acids is 2. The third-order valence-electron chi connectivity index (χ3n) is 4.62. The van der Waals surface area contributed by atoms with Gasteiger partial charge in [0.05, 0.1) is 6.04 Å². The van der Waals surface area contributed by atoms with Crippen LogP contribution in [0.3, 0.4) is 0 Å². The van der Waals surface area contributed by atoms with E-state index in [0.29, 0.717) is 12.8 Å². The second-order valence-corrected chi connectivity index (χ2v) is 6.61. The van der Waals surface area contributed by atoms with Crippen LogP contribution in [0.2, 0.25) is 0 Å². The minimum Gasteiger partial charge on any atom is -0.481 e. The van der Waals surface area contributed by atoms with E-state index >= 15 is 0 Å². The Morgan fingerprint density at radius 1 is 0.923 bits per heavy atom. The maximum absolute atomic E-state index is 12.5. The number of nitrogens with two attached hydrogens (primary N) is 1. The normalized spacial score (nSPS) is 16.7. The highest BCUT2D eigenvalue weighted by atomic mass is 16.4. The van der Waals surface area contributed by atoms with Gasteiger partial charge in [-0.15, -0.1) is 0 Å². The monoisotopic (exact) mass is 373 g/mol. The highest BCUT2D eigenvalue weighted by molar-refractivity contribution is 5.92. The Balaban J connectivity index is 5.21. The van der Waals surface area contributed by atoms with Crippen molar-refractivity contribution in [3.8, 4) is 0 Å². The number of carbonyl (C=O) groups is 4. The number of carbonyl (C=O) groups excluding carboxylic acids is 2. The van der Waals surface area contributed by atoms with Crippen molar-refractivity contribution in [2.24, 2.45) is 17.6 Å². The van der Waals surface area contributed by atoms with Crippen molar-refractivity contribution in [3.63, 3.8) is 0 Å². The van der Waals surface area contributed by atoms with E-state index in [1.54, 1.807) is 20.8 Å². The van der Waals surface area contributed by atoms with Crippen LogP contribution < -0.4 is 16.4 Å². The minimum absolute atomic E-state index is 0.120. The van der Waals surface area contributed by atoms with Crippen molar-refractivity contribution >= 4 is 23.8 Å². The zero-order valence-electron chi connectivity index (χ0n) is 15.8. The summed E-state index contributed by atoms with van der Waals surface area (Å²) >= 11 is 0. The number of amides is 2.